The van der Waals surface area contributed by atoms with Crippen LogP contribution >= 0.6 is 0 Å². The lowest BCUT2D eigenvalue weighted by atomic mass is 10.0. The maximum Gasteiger partial charge on any atom is 0.243 e. The Balaban J connectivity index is 1.68. The Kier molecular flexibility index (Phi) is 10.1. The van der Waals surface area contributed by atoms with Gasteiger partial charge in [0.05, 0.1) is 11.4 Å². The summed E-state index contributed by atoms with van der Waals surface area (Å²) in [4.78, 5) is 29.4. The topological polar surface area (TPSA) is 86.8 Å². The molecule has 0 unspecified atom stereocenters. The molecule has 7 nitrogen and oxygen atoms in total. The molecule has 0 aromatic heterocycles. The number of carbonyl (C=O) groups excluding carboxylic acids is 2. The van der Waals surface area contributed by atoms with Gasteiger partial charge in [0.2, 0.25) is 21.8 Å². The van der Waals surface area contributed by atoms with Crippen molar-refractivity contribution in [2.45, 2.75) is 57.1 Å². The molecular formula is C34H39N3O4S. The van der Waals surface area contributed by atoms with E-state index in [0.717, 1.165) is 38.2 Å². The average Bonchev–Trinajstić information content (AvgIpc) is 2.98. The second kappa shape index (κ2) is 13.8. The maximum absolute atomic E-state index is 14.1. The summed E-state index contributed by atoms with van der Waals surface area (Å²) in [6, 6.07) is 28.9. The first-order valence-electron chi connectivity index (χ1n) is 14.2. The van der Waals surface area contributed by atoms with Crippen LogP contribution in [0.2, 0.25) is 0 Å². The summed E-state index contributed by atoms with van der Waals surface area (Å²) in [6.45, 7) is 5.63. The van der Waals surface area contributed by atoms with Crippen LogP contribution in [0.15, 0.2) is 102 Å². The zero-order chi connectivity index (χ0) is 30.3. The van der Waals surface area contributed by atoms with Crippen LogP contribution in [0.1, 0.15) is 37.0 Å². The van der Waals surface area contributed by atoms with E-state index < -0.39 is 28.5 Å². The van der Waals surface area contributed by atoms with Crippen molar-refractivity contribution in [1.29, 1.82) is 0 Å². The molecule has 0 fully saturated rings. The molecule has 0 radical (unpaired) electrons. The largest absolute Gasteiger partial charge is 0.352 e. The van der Waals surface area contributed by atoms with Gasteiger partial charge in [0, 0.05) is 26.1 Å². The number of aryl methyl sites for hydroxylation is 1. The molecule has 0 bridgehead atoms. The van der Waals surface area contributed by atoms with Crippen molar-refractivity contribution in [2.24, 2.45) is 0 Å². The van der Waals surface area contributed by atoms with Gasteiger partial charge in [-0.05, 0) is 54.3 Å². The highest BCUT2D eigenvalue weighted by Crippen LogP contribution is 2.22. The number of hydrogen-bond donors (Lipinski definition) is 1. The first-order chi connectivity index (χ1) is 20.1. The number of amides is 2. The molecule has 0 aliphatic carbocycles. The van der Waals surface area contributed by atoms with Gasteiger partial charge in [0.15, 0.2) is 0 Å². The van der Waals surface area contributed by atoms with Gasteiger partial charge >= 0.3 is 0 Å². The Morgan fingerprint density at radius 1 is 0.833 bits per heavy atom. The summed E-state index contributed by atoms with van der Waals surface area (Å²) in [5, 5.41) is 4.77. The minimum atomic E-state index is -3.98. The van der Waals surface area contributed by atoms with Crippen LogP contribution in [0.3, 0.4) is 0 Å². The summed E-state index contributed by atoms with van der Waals surface area (Å²) < 4.78 is 28.2. The summed E-state index contributed by atoms with van der Waals surface area (Å²) in [5.74, 6) is -0.724. The van der Waals surface area contributed by atoms with Crippen molar-refractivity contribution in [2.75, 3.05) is 13.6 Å². The lowest BCUT2D eigenvalue weighted by molar-refractivity contribution is -0.141. The zero-order valence-electron chi connectivity index (χ0n) is 24.7. The number of hydrogen-bond acceptors (Lipinski definition) is 4. The van der Waals surface area contributed by atoms with Crippen LogP contribution in [0.4, 0.5) is 0 Å². The summed E-state index contributed by atoms with van der Waals surface area (Å²) in [7, 11) is -2.58. The molecule has 4 rings (SSSR count). The van der Waals surface area contributed by atoms with Crippen molar-refractivity contribution in [3.05, 3.63) is 114 Å². The van der Waals surface area contributed by atoms with Crippen molar-refractivity contribution < 1.29 is 18.0 Å². The Bertz CT molecular complexity index is 1640. The minimum absolute atomic E-state index is 0.0809. The fraction of sp³-hybridized carbons (Fsp3) is 0.294. The number of fused-ring (bicyclic) bond motifs is 1. The van der Waals surface area contributed by atoms with E-state index in [1.165, 1.54) is 11.9 Å². The molecule has 2 amide bonds. The molecular weight excluding hydrogens is 546 g/mol. The van der Waals surface area contributed by atoms with Gasteiger partial charge in [0.1, 0.15) is 6.04 Å². The minimum Gasteiger partial charge on any atom is -0.352 e. The normalized spacial score (nSPS) is 13.1. The quantitative estimate of drug-likeness (QED) is 0.244. The summed E-state index contributed by atoms with van der Waals surface area (Å²) in [6.07, 6.45) is 1.03. The van der Waals surface area contributed by atoms with E-state index in [1.807, 2.05) is 99.6 Å². The van der Waals surface area contributed by atoms with Crippen LogP contribution in [0, 0.1) is 6.92 Å². The monoisotopic (exact) mass is 585 g/mol. The van der Waals surface area contributed by atoms with Crippen molar-refractivity contribution >= 4 is 32.6 Å². The number of benzene rings is 4. The van der Waals surface area contributed by atoms with E-state index in [4.69, 9.17) is 0 Å². The van der Waals surface area contributed by atoms with Gasteiger partial charge in [-0.1, -0.05) is 97.4 Å². The Morgan fingerprint density at radius 3 is 2.19 bits per heavy atom. The first kappa shape index (κ1) is 30.9. The predicted octanol–water partition coefficient (Wildman–Crippen LogP) is 5.32. The fourth-order valence-electron chi connectivity index (χ4n) is 4.88. The molecule has 0 aliphatic rings. The van der Waals surface area contributed by atoms with E-state index in [9.17, 15) is 18.0 Å². The zero-order valence-corrected chi connectivity index (χ0v) is 25.5. The van der Waals surface area contributed by atoms with Gasteiger partial charge in [-0.3, -0.25) is 9.59 Å². The van der Waals surface area contributed by atoms with Gasteiger partial charge in [-0.2, -0.15) is 4.31 Å². The predicted molar refractivity (Wildman–Crippen MR) is 167 cm³/mol. The maximum atomic E-state index is 14.1. The Hall–Kier alpha value is -4.01. The molecule has 4 aromatic carbocycles. The van der Waals surface area contributed by atoms with Crippen LogP contribution in [0.25, 0.3) is 10.8 Å². The Labute approximate surface area is 249 Å². The number of sulfonamides is 1. The number of rotatable bonds is 12. The lowest BCUT2D eigenvalue weighted by Crippen LogP contribution is -2.54. The SMILES string of the molecule is CC[C@H](C)NC(=O)[C@H](Cc1ccccc1)N(Cc1cccc(C)c1)C(=O)CN(C)S(=O)(=O)c1ccc2ccccc2c1. The van der Waals surface area contributed by atoms with Crippen molar-refractivity contribution in [3.8, 4) is 0 Å². The molecule has 0 spiro atoms. The fourth-order valence-corrected chi connectivity index (χ4v) is 6.03. The molecule has 42 heavy (non-hydrogen) atoms. The number of carbonyl (C=O) groups is 2. The van der Waals surface area contributed by atoms with E-state index in [-0.39, 0.29) is 23.4 Å². The molecule has 0 saturated heterocycles. The molecule has 220 valence electrons. The van der Waals surface area contributed by atoms with Gasteiger partial charge in [-0.15, -0.1) is 0 Å². The highest BCUT2D eigenvalue weighted by molar-refractivity contribution is 7.89. The first-order valence-corrected chi connectivity index (χ1v) is 15.7. The second-order valence-electron chi connectivity index (χ2n) is 10.8. The smallest absolute Gasteiger partial charge is 0.243 e. The van der Waals surface area contributed by atoms with Crippen molar-refractivity contribution in [1.82, 2.24) is 14.5 Å². The number of likely N-dealkylation sites (N-methyl/N-ethyl adjacent to an activating group) is 1. The van der Waals surface area contributed by atoms with Gasteiger partial charge in [0.25, 0.3) is 0 Å². The van der Waals surface area contributed by atoms with Crippen LogP contribution in [-0.4, -0.2) is 55.1 Å². The number of nitrogens with zero attached hydrogens (tertiary/aromatic N) is 2. The summed E-state index contributed by atoms with van der Waals surface area (Å²) >= 11 is 0. The van der Waals surface area contributed by atoms with Crippen LogP contribution in [-0.2, 0) is 32.6 Å². The molecule has 0 saturated carbocycles. The lowest BCUT2D eigenvalue weighted by Gasteiger charge is -2.33. The third-order valence-electron chi connectivity index (χ3n) is 7.49. The van der Waals surface area contributed by atoms with Crippen LogP contribution in [0.5, 0.6) is 0 Å². The number of nitrogens with one attached hydrogen (secondary N) is 1. The third-order valence-corrected chi connectivity index (χ3v) is 9.29. The molecule has 8 heteroatoms. The molecule has 2 atom stereocenters. The molecule has 4 aromatic rings. The standard InChI is InChI=1S/C34H39N3O4S/c1-5-26(3)35-34(39)32(21-27-13-7-6-8-14-27)37(23-28-15-11-12-25(2)20-28)33(38)24-36(4)42(40,41)31-19-18-29-16-9-10-17-30(29)22-31/h6-20,22,26,32H,5,21,23-24H2,1-4H3,(H,35,39)/t26-,32-/m0/s1. The van der Waals surface area contributed by atoms with Crippen molar-refractivity contribution in [3.63, 3.8) is 0 Å². The van der Waals surface area contributed by atoms with Crippen LogP contribution < -0.4 is 5.32 Å². The highest BCUT2D eigenvalue weighted by Gasteiger charge is 2.33. The van der Waals surface area contributed by atoms with E-state index in [1.54, 1.807) is 18.2 Å². The average molecular weight is 586 g/mol. The van der Waals surface area contributed by atoms with Gasteiger partial charge in [-0.25, -0.2) is 8.42 Å². The van der Waals surface area contributed by atoms with Gasteiger partial charge < -0.3 is 10.2 Å². The Morgan fingerprint density at radius 2 is 1.50 bits per heavy atom. The molecule has 0 heterocycles. The highest BCUT2D eigenvalue weighted by atomic mass is 32.2. The van der Waals surface area contributed by atoms with E-state index in [2.05, 4.69) is 5.32 Å². The molecule has 1 N–H and O–H groups in total. The third kappa shape index (κ3) is 7.63. The second-order valence-corrected chi connectivity index (χ2v) is 12.8. The van der Waals surface area contributed by atoms with E-state index >= 15 is 0 Å². The van der Waals surface area contributed by atoms with E-state index in [0.29, 0.717) is 6.42 Å². The molecule has 0 aliphatic heterocycles. The summed E-state index contributed by atoms with van der Waals surface area (Å²) in [5.41, 5.74) is 2.79.